The normalized spacial score (nSPS) is 11.6. The van der Waals surface area contributed by atoms with Gasteiger partial charge in [-0.05, 0) is 49.9 Å². The lowest BCUT2D eigenvalue weighted by molar-refractivity contribution is 0.806. The van der Waals surface area contributed by atoms with E-state index in [-0.39, 0.29) is 0 Å². The smallest absolute Gasteiger partial charge is 0.172 e. The Morgan fingerprint density at radius 3 is 2.93 bits per heavy atom. The van der Waals surface area contributed by atoms with E-state index in [0.717, 1.165) is 61.6 Å². The number of aryl methyl sites for hydroxylation is 3. The predicted octanol–water partition coefficient (Wildman–Crippen LogP) is 5.83. The first-order valence-electron chi connectivity index (χ1n) is 8.96. The Labute approximate surface area is 174 Å². The highest BCUT2D eigenvalue weighted by molar-refractivity contribution is 7.16. The van der Waals surface area contributed by atoms with E-state index in [1.54, 1.807) is 22.7 Å². The first-order valence-corrected chi connectivity index (χ1v) is 11.0. The van der Waals surface area contributed by atoms with E-state index in [1.807, 2.05) is 36.8 Å². The molecule has 0 radical (unpaired) electrons. The van der Waals surface area contributed by atoms with Crippen molar-refractivity contribution in [1.82, 2.24) is 24.9 Å². The molecule has 0 bridgehead atoms. The van der Waals surface area contributed by atoms with Gasteiger partial charge in [0.25, 0.3) is 0 Å². The molecule has 0 aliphatic heterocycles. The molecule has 4 aromatic heterocycles. The van der Waals surface area contributed by atoms with Crippen molar-refractivity contribution in [3.05, 3.63) is 57.4 Å². The minimum absolute atomic E-state index is 0.747. The van der Waals surface area contributed by atoms with Crippen LogP contribution in [0, 0.1) is 6.92 Å². The Morgan fingerprint density at radius 2 is 2.07 bits per heavy atom. The summed E-state index contributed by atoms with van der Waals surface area (Å²) in [6.07, 6.45) is 6.70. The Balaban J connectivity index is 1.41. The molecule has 5 aromatic rings. The Bertz CT molecular complexity index is 1290. The quantitative estimate of drug-likeness (QED) is 0.384. The van der Waals surface area contributed by atoms with E-state index in [1.165, 1.54) is 10.9 Å². The van der Waals surface area contributed by atoms with Crippen molar-refractivity contribution < 1.29 is 0 Å². The molecule has 0 aliphatic rings. The average Bonchev–Trinajstić information content (AvgIpc) is 3.41. The van der Waals surface area contributed by atoms with Crippen LogP contribution in [0.3, 0.4) is 0 Å². The molecule has 5 nitrogen and oxygen atoms in total. The van der Waals surface area contributed by atoms with Gasteiger partial charge in [-0.2, -0.15) is 0 Å². The molecule has 0 amide bonds. The van der Waals surface area contributed by atoms with Gasteiger partial charge in [-0.1, -0.05) is 11.6 Å². The number of benzene rings is 1. The van der Waals surface area contributed by atoms with Gasteiger partial charge in [-0.3, -0.25) is 0 Å². The number of rotatable bonds is 5. The van der Waals surface area contributed by atoms with Gasteiger partial charge in [0.15, 0.2) is 5.82 Å². The van der Waals surface area contributed by atoms with E-state index in [4.69, 9.17) is 16.6 Å². The van der Waals surface area contributed by atoms with E-state index < -0.39 is 0 Å². The summed E-state index contributed by atoms with van der Waals surface area (Å²) in [4.78, 5) is 23.6. The Hall–Kier alpha value is -2.35. The fraction of sp³-hybridized carbons (Fsp3) is 0.200. The van der Waals surface area contributed by atoms with Crippen LogP contribution in [0.2, 0.25) is 5.02 Å². The van der Waals surface area contributed by atoms with Crippen LogP contribution in [0.4, 0.5) is 0 Å². The van der Waals surface area contributed by atoms with E-state index in [0.29, 0.717) is 0 Å². The molecule has 0 saturated heterocycles. The standard InChI is InChI=1S/C20H16ClN5S2/c1-11-22-9-17(28-11)19-25-16(18-20(26-19)27-10-24-18)4-2-3-12-8-23-15-6-5-13(21)7-14(12)15/h5-10,23H,2-4H2,1H3. The third-order valence-corrected chi connectivity index (χ3v) is 6.56. The second-order valence-corrected chi connectivity index (χ2v) is 9.11. The molecule has 0 aliphatic carbocycles. The van der Waals surface area contributed by atoms with Crippen LogP contribution in [-0.4, -0.2) is 24.9 Å². The number of halogens is 1. The van der Waals surface area contributed by atoms with Gasteiger partial charge in [0.05, 0.1) is 21.1 Å². The summed E-state index contributed by atoms with van der Waals surface area (Å²) in [5.41, 5.74) is 6.15. The molecule has 5 rings (SSSR count). The van der Waals surface area contributed by atoms with Crippen molar-refractivity contribution in [1.29, 1.82) is 0 Å². The Morgan fingerprint density at radius 1 is 1.14 bits per heavy atom. The maximum atomic E-state index is 6.17. The number of aromatic nitrogens is 5. The predicted molar refractivity (Wildman–Crippen MR) is 116 cm³/mol. The van der Waals surface area contributed by atoms with Crippen LogP contribution in [0.5, 0.6) is 0 Å². The van der Waals surface area contributed by atoms with Crippen molar-refractivity contribution >= 4 is 55.5 Å². The maximum Gasteiger partial charge on any atom is 0.172 e. The molecule has 28 heavy (non-hydrogen) atoms. The second-order valence-electron chi connectivity index (χ2n) is 6.60. The van der Waals surface area contributed by atoms with Gasteiger partial charge in [-0.15, -0.1) is 22.7 Å². The summed E-state index contributed by atoms with van der Waals surface area (Å²) in [5.74, 6) is 0.747. The van der Waals surface area contributed by atoms with Crippen LogP contribution in [0.25, 0.3) is 32.0 Å². The molecule has 4 heterocycles. The summed E-state index contributed by atoms with van der Waals surface area (Å²) in [7, 11) is 0. The van der Waals surface area contributed by atoms with Crippen molar-refractivity contribution in [2.45, 2.75) is 26.2 Å². The van der Waals surface area contributed by atoms with Crippen molar-refractivity contribution in [2.24, 2.45) is 0 Å². The van der Waals surface area contributed by atoms with Crippen LogP contribution in [0.1, 0.15) is 22.7 Å². The van der Waals surface area contributed by atoms with Crippen molar-refractivity contribution in [3.63, 3.8) is 0 Å². The first-order chi connectivity index (χ1) is 13.7. The van der Waals surface area contributed by atoms with Gasteiger partial charge in [-0.25, -0.2) is 19.9 Å². The number of hydrogen-bond acceptors (Lipinski definition) is 6. The zero-order chi connectivity index (χ0) is 19.1. The minimum Gasteiger partial charge on any atom is -0.361 e. The van der Waals surface area contributed by atoms with Gasteiger partial charge in [0.1, 0.15) is 10.3 Å². The molecule has 0 spiro atoms. The summed E-state index contributed by atoms with van der Waals surface area (Å²) < 4.78 is 0. The summed E-state index contributed by atoms with van der Waals surface area (Å²) in [6, 6.07) is 5.96. The van der Waals surface area contributed by atoms with Crippen molar-refractivity contribution in [2.75, 3.05) is 0 Å². The average molecular weight is 426 g/mol. The van der Waals surface area contributed by atoms with Crippen LogP contribution in [-0.2, 0) is 12.8 Å². The van der Waals surface area contributed by atoms with Gasteiger partial charge in [0, 0.05) is 28.3 Å². The number of thiazole rings is 2. The molecular weight excluding hydrogens is 410 g/mol. The summed E-state index contributed by atoms with van der Waals surface area (Å²) >= 11 is 9.34. The molecule has 0 unspecified atom stereocenters. The summed E-state index contributed by atoms with van der Waals surface area (Å²) in [6.45, 7) is 1.99. The summed E-state index contributed by atoms with van der Waals surface area (Å²) in [5, 5.41) is 2.97. The number of H-pyrrole nitrogens is 1. The highest BCUT2D eigenvalue weighted by Crippen LogP contribution is 2.28. The van der Waals surface area contributed by atoms with Gasteiger partial charge < -0.3 is 4.98 Å². The third kappa shape index (κ3) is 3.30. The fourth-order valence-electron chi connectivity index (χ4n) is 3.37. The number of nitrogens with zero attached hydrogens (tertiary/aromatic N) is 4. The molecule has 0 atom stereocenters. The van der Waals surface area contributed by atoms with Crippen LogP contribution < -0.4 is 0 Å². The SMILES string of the molecule is Cc1ncc(-c2nc(CCCc3c[nH]c4ccc(Cl)cc34)c3ncsc3n2)s1. The molecular formula is C20H16ClN5S2. The fourth-order valence-corrected chi connectivity index (χ4v) is 4.94. The number of aromatic amines is 1. The van der Waals surface area contributed by atoms with Gasteiger partial charge >= 0.3 is 0 Å². The molecule has 1 aromatic carbocycles. The molecule has 1 N–H and O–H groups in total. The number of hydrogen-bond donors (Lipinski definition) is 1. The van der Waals surface area contributed by atoms with E-state index in [9.17, 15) is 0 Å². The van der Waals surface area contributed by atoms with Gasteiger partial charge in [0.2, 0.25) is 0 Å². The van der Waals surface area contributed by atoms with Crippen LogP contribution >= 0.6 is 34.3 Å². The largest absolute Gasteiger partial charge is 0.361 e. The highest BCUT2D eigenvalue weighted by atomic mass is 35.5. The molecule has 0 saturated carbocycles. The monoisotopic (exact) mass is 425 g/mol. The minimum atomic E-state index is 0.747. The Kier molecular flexibility index (Phi) is 4.58. The second kappa shape index (κ2) is 7.24. The van der Waals surface area contributed by atoms with E-state index >= 15 is 0 Å². The lowest BCUT2D eigenvalue weighted by atomic mass is 10.1. The lowest BCUT2D eigenvalue weighted by Gasteiger charge is -2.04. The topological polar surface area (TPSA) is 67.3 Å². The highest BCUT2D eigenvalue weighted by Gasteiger charge is 2.14. The molecule has 0 fully saturated rings. The van der Waals surface area contributed by atoms with Crippen molar-refractivity contribution in [3.8, 4) is 10.7 Å². The van der Waals surface area contributed by atoms with E-state index in [2.05, 4.69) is 26.1 Å². The third-order valence-electron chi connectivity index (χ3n) is 4.70. The zero-order valence-corrected chi connectivity index (χ0v) is 17.5. The number of nitrogens with one attached hydrogen (secondary N) is 1. The zero-order valence-electron chi connectivity index (χ0n) is 15.1. The molecule has 140 valence electrons. The first kappa shape index (κ1) is 17.7. The molecule has 8 heteroatoms. The number of fused-ring (bicyclic) bond motifs is 2. The maximum absolute atomic E-state index is 6.17. The lowest BCUT2D eigenvalue weighted by Crippen LogP contribution is -1.98. The van der Waals surface area contributed by atoms with Crippen LogP contribution in [0.15, 0.2) is 36.1 Å².